The Morgan fingerprint density at radius 2 is 1.87 bits per heavy atom. The van der Waals surface area contributed by atoms with Gasteiger partial charge >= 0.3 is 6.01 Å². The summed E-state index contributed by atoms with van der Waals surface area (Å²) >= 11 is 0. The maximum Gasteiger partial charge on any atom is 0.302 e. The number of hydrogen-bond donors (Lipinski definition) is 1. The van der Waals surface area contributed by atoms with Crippen molar-refractivity contribution in [1.29, 1.82) is 0 Å². The average Bonchev–Trinajstić information content (AvgIpc) is 3.34. The van der Waals surface area contributed by atoms with Crippen molar-refractivity contribution in [2.75, 3.05) is 11.6 Å². The van der Waals surface area contributed by atoms with Crippen molar-refractivity contribution in [3.8, 4) is 17.1 Å². The highest BCUT2D eigenvalue weighted by Crippen LogP contribution is 2.22. The zero-order chi connectivity index (χ0) is 22.2. The predicted octanol–water partition coefficient (Wildman–Crippen LogP) is 3.19. The number of carbonyl (C=O) groups is 1. The van der Waals surface area contributed by atoms with Crippen LogP contribution >= 0.6 is 0 Å². The van der Waals surface area contributed by atoms with Crippen molar-refractivity contribution in [2.24, 2.45) is 0 Å². The number of anilines is 1. The number of aryl methyl sites for hydroxylation is 2. The van der Waals surface area contributed by atoms with E-state index in [-0.39, 0.29) is 16.6 Å². The van der Waals surface area contributed by atoms with Crippen LogP contribution in [-0.2, 0) is 9.84 Å². The molecule has 31 heavy (non-hydrogen) atoms. The Bertz CT molecular complexity index is 1370. The topological polar surface area (TPSA) is 120 Å². The molecule has 1 aromatic carbocycles. The van der Waals surface area contributed by atoms with Crippen LogP contribution in [0.4, 0.5) is 6.01 Å². The number of oxazole rings is 1. The summed E-state index contributed by atoms with van der Waals surface area (Å²) in [5.74, 6) is -0.473. The van der Waals surface area contributed by atoms with Gasteiger partial charge in [-0.1, -0.05) is 6.07 Å². The Morgan fingerprint density at radius 3 is 2.55 bits per heavy atom. The standard InChI is InChI=1S/C21H19N5O4S/c1-13-5-4-10-22-19(13)17-12-30-21(23-17)24-20(27)18-11-14(2)25-26(18)15-6-8-16(9-7-15)31(3,28)29/h4-12H,1-3H3,(H,23,24,27). The predicted molar refractivity (Wildman–Crippen MR) is 114 cm³/mol. The molecule has 0 fully saturated rings. The van der Waals surface area contributed by atoms with Gasteiger partial charge in [0.05, 0.1) is 22.0 Å². The Kier molecular flexibility index (Phi) is 5.15. The molecule has 4 rings (SSSR count). The number of carbonyl (C=O) groups excluding carboxylic acids is 1. The molecular weight excluding hydrogens is 418 g/mol. The highest BCUT2D eigenvalue weighted by molar-refractivity contribution is 7.90. The van der Waals surface area contributed by atoms with Gasteiger partial charge in [-0.2, -0.15) is 10.1 Å². The summed E-state index contributed by atoms with van der Waals surface area (Å²) in [4.78, 5) is 21.6. The highest BCUT2D eigenvalue weighted by atomic mass is 32.2. The molecule has 1 amide bonds. The molecule has 0 aliphatic carbocycles. The fourth-order valence-corrected chi connectivity index (χ4v) is 3.68. The lowest BCUT2D eigenvalue weighted by Crippen LogP contribution is -2.17. The van der Waals surface area contributed by atoms with Gasteiger partial charge in [-0.15, -0.1) is 0 Å². The van der Waals surface area contributed by atoms with Crippen LogP contribution < -0.4 is 5.32 Å². The number of nitrogens with one attached hydrogen (secondary N) is 1. The number of sulfone groups is 1. The quantitative estimate of drug-likeness (QED) is 0.509. The molecule has 0 atom stereocenters. The first-order valence-corrected chi connectivity index (χ1v) is 11.2. The molecule has 0 radical (unpaired) electrons. The van der Waals surface area contributed by atoms with Crippen LogP contribution in [0.1, 0.15) is 21.7 Å². The molecule has 0 aliphatic heterocycles. The van der Waals surface area contributed by atoms with E-state index in [2.05, 4.69) is 20.4 Å². The van der Waals surface area contributed by atoms with Crippen LogP contribution in [0.2, 0.25) is 0 Å². The molecule has 9 nitrogen and oxygen atoms in total. The van der Waals surface area contributed by atoms with E-state index in [0.717, 1.165) is 11.8 Å². The summed E-state index contributed by atoms with van der Waals surface area (Å²) in [6.07, 6.45) is 4.22. The second-order valence-electron chi connectivity index (χ2n) is 7.01. The molecule has 158 valence electrons. The fraction of sp³-hybridized carbons (Fsp3) is 0.143. The van der Waals surface area contributed by atoms with Gasteiger partial charge < -0.3 is 4.42 Å². The Balaban J connectivity index is 1.60. The van der Waals surface area contributed by atoms with E-state index >= 15 is 0 Å². The first-order valence-electron chi connectivity index (χ1n) is 9.28. The van der Waals surface area contributed by atoms with Crippen molar-refractivity contribution in [2.45, 2.75) is 18.7 Å². The van der Waals surface area contributed by atoms with Gasteiger partial charge in [0.2, 0.25) is 0 Å². The number of nitrogens with zero attached hydrogens (tertiary/aromatic N) is 4. The summed E-state index contributed by atoms with van der Waals surface area (Å²) in [6, 6.07) is 11.5. The summed E-state index contributed by atoms with van der Waals surface area (Å²) in [7, 11) is -3.32. The van der Waals surface area contributed by atoms with Crippen molar-refractivity contribution in [1.82, 2.24) is 19.7 Å². The third-order valence-electron chi connectivity index (χ3n) is 4.55. The van der Waals surface area contributed by atoms with Crippen molar-refractivity contribution in [3.05, 3.63) is 71.9 Å². The summed E-state index contributed by atoms with van der Waals surface area (Å²) in [6.45, 7) is 3.66. The largest absolute Gasteiger partial charge is 0.431 e. The monoisotopic (exact) mass is 437 g/mol. The Morgan fingerprint density at radius 1 is 1.13 bits per heavy atom. The van der Waals surface area contributed by atoms with Gasteiger partial charge in [0.15, 0.2) is 9.84 Å². The van der Waals surface area contributed by atoms with Gasteiger partial charge in [0.25, 0.3) is 5.91 Å². The lowest BCUT2D eigenvalue weighted by Gasteiger charge is -2.07. The number of amides is 1. The molecule has 0 spiro atoms. The number of rotatable bonds is 5. The van der Waals surface area contributed by atoms with E-state index in [1.54, 1.807) is 31.3 Å². The maximum absolute atomic E-state index is 12.9. The minimum atomic E-state index is -3.32. The fourth-order valence-electron chi connectivity index (χ4n) is 3.05. The number of aromatic nitrogens is 4. The second kappa shape index (κ2) is 7.80. The maximum atomic E-state index is 12.9. The first-order chi connectivity index (χ1) is 14.7. The van der Waals surface area contributed by atoms with E-state index in [0.29, 0.717) is 22.8 Å². The first kappa shape index (κ1) is 20.5. The smallest absolute Gasteiger partial charge is 0.302 e. The molecule has 10 heteroatoms. The lowest BCUT2D eigenvalue weighted by molar-refractivity contribution is 0.101. The zero-order valence-corrected chi connectivity index (χ0v) is 17.8. The number of benzene rings is 1. The highest BCUT2D eigenvalue weighted by Gasteiger charge is 2.19. The van der Waals surface area contributed by atoms with Crippen LogP contribution in [0.25, 0.3) is 17.1 Å². The second-order valence-corrected chi connectivity index (χ2v) is 9.03. The van der Waals surface area contributed by atoms with E-state index in [4.69, 9.17) is 4.42 Å². The average molecular weight is 437 g/mol. The number of hydrogen-bond acceptors (Lipinski definition) is 7. The van der Waals surface area contributed by atoms with Crippen molar-refractivity contribution in [3.63, 3.8) is 0 Å². The normalized spacial score (nSPS) is 11.5. The molecule has 3 aromatic heterocycles. The van der Waals surface area contributed by atoms with Crippen molar-refractivity contribution >= 4 is 21.8 Å². The van der Waals surface area contributed by atoms with Gasteiger partial charge in [-0.25, -0.2) is 13.1 Å². The molecule has 3 heterocycles. The van der Waals surface area contributed by atoms with E-state index < -0.39 is 15.7 Å². The summed E-state index contributed by atoms with van der Waals surface area (Å²) < 4.78 is 30.2. The van der Waals surface area contributed by atoms with E-state index in [9.17, 15) is 13.2 Å². The Hall–Kier alpha value is -3.79. The van der Waals surface area contributed by atoms with Crippen LogP contribution in [0.3, 0.4) is 0 Å². The Labute approximate surface area is 178 Å². The van der Waals surface area contributed by atoms with Crippen molar-refractivity contribution < 1.29 is 17.6 Å². The van der Waals surface area contributed by atoms with E-state index in [1.807, 2.05) is 19.1 Å². The minimum Gasteiger partial charge on any atom is -0.431 e. The summed E-state index contributed by atoms with van der Waals surface area (Å²) in [5, 5.41) is 6.97. The van der Waals surface area contributed by atoms with Crippen LogP contribution in [0, 0.1) is 13.8 Å². The van der Waals surface area contributed by atoms with Gasteiger partial charge in [0, 0.05) is 12.5 Å². The molecule has 1 N–H and O–H groups in total. The molecule has 0 unspecified atom stereocenters. The van der Waals surface area contributed by atoms with Crippen LogP contribution in [0.5, 0.6) is 0 Å². The van der Waals surface area contributed by atoms with Crippen LogP contribution in [0.15, 0.2) is 64.2 Å². The molecule has 0 saturated heterocycles. The minimum absolute atomic E-state index is 0.0304. The summed E-state index contributed by atoms with van der Waals surface area (Å²) in [5.41, 5.74) is 3.52. The molecule has 4 aromatic rings. The van der Waals surface area contributed by atoms with E-state index in [1.165, 1.54) is 23.1 Å². The zero-order valence-electron chi connectivity index (χ0n) is 17.0. The van der Waals surface area contributed by atoms with Crippen LogP contribution in [-0.4, -0.2) is 40.3 Å². The molecule has 0 aliphatic rings. The van der Waals surface area contributed by atoms with Gasteiger partial charge in [0.1, 0.15) is 17.7 Å². The third-order valence-corrected chi connectivity index (χ3v) is 5.68. The molecule has 0 bridgehead atoms. The van der Waals surface area contributed by atoms with Gasteiger partial charge in [-0.3, -0.25) is 15.1 Å². The SMILES string of the molecule is Cc1cc(C(=O)Nc2nc(-c3ncccc3C)co2)n(-c2ccc(S(C)(=O)=O)cc2)n1. The molecular formula is C21H19N5O4S. The molecule has 0 saturated carbocycles. The van der Waals surface area contributed by atoms with Gasteiger partial charge in [-0.05, 0) is 55.8 Å². The lowest BCUT2D eigenvalue weighted by atomic mass is 10.2. The number of pyridine rings is 1. The third kappa shape index (κ3) is 4.24.